The minimum absolute atomic E-state index is 0.195. The van der Waals surface area contributed by atoms with Crippen LogP contribution in [0.4, 0.5) is 4.39 Å². The van der Waals surface area contributed by atoms with E-state index < -0.39 is 0 Å². The maximum Gasteiger partial charge on any atom is 0.137 e. The molecule has 1 aliphatic heterocycles. The van der Waals surface area contributed by atoms with Gasteiger partial charge >= 0.3 is 0 Å². The van der Waals surface area contributed by atoms with E-state index in [1.54, 1.807) is 6.07 Å². The van der Waals surface area contributed by atoms with Gasteiger partial charge in [0.1, 0.15) is 5.82 Å². The zero-order chi connectivity index (χ0) is 12.3. The van der Waals surface area contributed by atoms with Crippen LogP contribution in [0.15, 0.2) is 22.7 Å². The molecule has 0 saturated carbocycles. The topological polar surface area (TPSA) is 35.8 Å². The number of benzene rings is 1. The largest absolute Gasteiger partial charge is 0.317 e. The minimum atomic E-state index is -0.295. The molecular weight excluding hydrogens is 283 g/mol. The normalized spacial score (nSPS) is 18.6. The summed E-state index contributed by atoms with van der Waals surface area (Å²) in [6.45, 7) is 1.89. The molecule has 90 valence electrons. The second-order valence-corrected chi connectivity index (χ2v) is 5.22. The van der Waals surface area contributed by atoms with Crippen LogP contribution in [0.2, 0.25) is 0 Å². The lowest BCUT2D eigenvalue weighted by atomic mass is 9.81. The van der Waals surface area contributed by atoms with E-state index in [0.717, 1.165) is 31.5 Å². The van der Waals surface area contributed by atoms with Crippen LogP contribution in [0.25, 0.3) is 0 Å². The van der Waals surface area contributed by atoms with Gasteiger partial charge in [-0.25, -0.2) is 4.39 Å². The highest BCUT2D eigenvalue weighted by atomic mass is 79.9. The molecular formula is C13H14BrFN2. The molecule has 1 atom stereocenters. The fraction of sp³-hybridized carbons (Fsp3) is 0.462. The first kappa shape index (κ1) is 12.5. The Morgan fingerprint density at radius 3 is 2.71 bits per heavy atom. The molecule has 1 aromatic rings. The van der Waals surface area contributed by atoms with E-state index in [2.05, 4.69) is 27.3 Å². The molecule has 0 amide bonds. The molecule has 0 spiro atoms. The number of hydrogen-bond acceptors (Lipinski definition) is 2. The van der Waals surface area contributed by atoms with Crippen LogP contribution >= 0.6 is 15.9 Å². The van der Waals surface area contributed by atoms with Gasteiger partial charge in [-0.15, -0.1) is 0 Å². The fourth-order valence-electron chi connectivity index (χ4n) is 2.34. The number of nitriles is 1. The van der Waals surface area contributed by atoms with E-state index in [1.165, 1.54) is 6.07 Å². The summed E-state index contributed by atoms with van der Waals surface area (Å²) in [5.41, 5.74) is 0.792. The quantitative estimate of drug-likeness (QED) is 0.910. The molecule has 4 heteroatoms. The van der Waals surface area contributed by atoms with Crippen LogP contribution in [0.5, 0.6) is 0 Å². The summed E-state index contributed by atoms with van der Waals surface area (Å²) in [7, 11) is 0. The first-order valence-electron chi connectivity index (χ1n) is 5.77. The Balaban J connectivity index is 2.22. The van der Waals surface area contributed by atoms with Crippen LogP contribution in [0.3, 0.4) is 0 Å². The van der Waals surface area contributed by atoms with Gasteiger partial charge in [-0.2, -0.15) is 5.26 Å². The lowest BCUT2D eigenvalue weighted by Crippen LogP contribution is -2.30. The fourth-order valence-corrected chi connectivity index (χ4v) is 2.58. The summed E-state index contributed by atoms with van der Waals surface area (Å²) in [6.07, 6.45) is 1.96. The minimum Gasteiger partial charge on any atom is -0.317 e. The van der Waals surface area contributed by atoms with Gasteiger partial charge in [0.05, 0.1) is 16.5 Å². The molecule has 1 aromatic carbocycles. The van der Waals surface area contributed by atoms with Gasteiger partial charge in [-0.05, 0) is 65.5 Å². The van der Waals surface area contributed by atoms with Crippen molar-refractivity contribution in [3.05, 3.63) is 34.1 Å². The predicted octanol–water partition coefficient (Wildman–Crippen LogP) is 3.19. The zero-order valence-electron chi connectivity index (χ0n) is 9.42. The lowest BCUT2D eigenvalue weighted by molar-refractivity contribution is 0.350. The van der Waals surface area contributed by atoms with Gasteiger partial charge in [0, 0.05) is 0 Å². The van der Waals surface area contributed by atoms with E-state index in [4.69, 9.17) is 0 Å². The van der Waals surface area contributed by atoms with Crippen LogP contribution in [-0.2, 0) is 0 Å². The summed E-state index contributed by atoms with van der Waals surface area (Å²) in [6, 6.07) is 7.31. The van der Waals surface area contributed by atoms with Crippen molar-refractivity contribution >= 4 is 15.9 Å². The summed E-state index contributed by atoms with van der Waals surface area (Å²) < 4.78 is 13.9. The summed E-state index contributed by atoms with van der Waals surface area (Å²) >= 11 is 3.13. The van der Waals surface area contributed by atoms with Crippen LogP contribution in [0.1, 0.15) is 24.3 Å². The van der Waals surface area contributed by atoms with Crippen molar-refractivity contribution in [3.63, 3.8) is 0 Å². The average molecular weight is 297 g/mol. The second-order valence-electron chi connectivity index (χ2n) is 4.37. The molecule has 2 rings (SSSR count). The van der Waals surface area contributed by atoms with E-state index in [9.17, 15) is 9.65 Å². The number of piperidine rings is 1. The predicted molar refractivity (Wildman–Crippen MR) is 68.0 cm³/mol. The molecule has 0 radical (unpaired) electrons. The maximum absolute atomic E-state index is 13.5. The summed E-state index contributed by atoms with van der Waals surface area (Å²) in [5.74, 6) is -0.154. The molecule has 0 bridgehead atoms. The molecule has 1 unspecified atom stereocenters. The zero-order valence-corrected chi connectivity index (χ0v) is 11.0. The monoisotopic (exact) mass is 296 g/mol. The molecule has 1 saturated heterocycles. The van der Waals surface area contributed by atoms with Gasteiger partial charge in [-0.1, -0.05) is 6.07 Å². The first-order chi connectivity index (χ1) is 8.22. The molecule has 1 aliphatic rings. The Morgan fingerprint density at radius 2 is 2.12 bits per heavy atom. The van der Waals surface area contributed by atoms with Crippen LogP contribution in [0, 0.1) is 23.1 Å². The molecule has 1 fully saturated rings. The Hall–Kier alpha value is -0.920. The van der Waals surface area contributed by atoms with Gasteiger partial charge in [0.2, 0.25) is 0 Å². The Kier molecular flexibility index (Phi) is 4.14. The van der Waals surface area contributed by atoms with Gasteiger partial charge in [-0.3, -0.25) is 0 Å². The van der Waals surface area contributed by atoms with E-state index >= 15 is 0 Å². The van der Waals surface area contributed by atoms with Crippen LogP contribution in [-0.4, -0.2) is 13.1 Å². The van der Waals surface area contributed by atoms with Crippen molar-refractivity contribution in [1.82, 2.24) is 5.32 Å². The van der Waals surface area contributed by atoms with Crippen molar-refractivity contribution in [1.29, 1.82) is 5.26 Å². The molecule has 2 nitrogen and oxygen atoms in total. The van der Waals surface area contributed by atoms with Gasteiger partial charge in [0.25, 0.3) is 0 Å². The average Bonchev–Trinajstić information content (AvgIpc) is 2.36. The van der Waals surface area contributed by atoms with E-state index in [-0.39, 0.29) is 11.7 Å². The highest BCUT2D eigenvalue weighted by molar-refractivity contribution is 9.10. The maximum atomic E-state index is 13.5. The highest BCUT2D eigenvalue weighted by Crippen LogP contribution is 2.32. The van der Waals surface area contributed by atoms with Crippen molar-refractivity contribution < 1.29 is 4.39 Å². The smallest absolute Gasteiger partial charge is 0.137 e. The molecule has 1 heterocycles. The van der Waals surface area contributed by atoms with Crippen molar-refractivity contribution in [2.24, 2.45) is 5.92 Å². The van der Waals surface area contributed by atoms with Gasteiger partial charge in [0.15, 0.2) is 0 Å². The number of nitrogens with one attached hydrogen (secondary N) is 1. The summed E-state index contributed by atoms with van der Waals surface area (Å²) in [5, 5.41) is 12.6. The standard InChI is InChI=1S/C13H14BrFN2/c14-12-2-1-10(7-13(12)15)11(8-16)9-3-5-17-6-4-9/h1-2,7,9,11,17H,3-6H2. The Morgan fingerprint density at radius 1 is 1.41 bits per heavy atom. The lowest BCUT2D eigenvalue weighted by Gasteiger charge is -2.26. The second kappa shape index (κ2) is 5.61. The number of halogens is 2. The van der Waals surface area contributed by atoms with Crippen molar-refractivity contribution in [2.75, 3.05) is 13.1 Å². The highest BCUT2D eigenvalue weighted by Gasteiger charge is 2.25. The molecule has 17 heavy (non-hydrogen) atoms. The van der Waals surface area contributed by atoms with Crippen LogP contribution < -0.4 is 5.32 Å². The third-order valence-electron chi connectivity index (χ3n) is 3.30. The molecule has 0 aliphatic carbocycles. The SMILES string of the molecule is N#CC(c1ccc(Br)c(F)c1)C1CCNCC1. The number of nitrogens with zero attached hydrogens (tertiary/aromatic N) is 1. The Labute approximate surface area is 109 Å². The van der Waals surface area contributed by atoms with E-state index in [0.29, 0.717) is 10.4 Å². The third kappa shape index (κ3) is 2.85. The number of rotatable bonds is 2. The molecule has 1 N–H and O–H groups in total. The van der Waals surface area contributed by atoms with Gasteiger partial charge < -0.3 is 5.32 Å². The van der Waals surface area contributed by atoms with E-state index in [1.807, 2.05) is 6.07 Å². The number of hydrogen-bond donors (Lipinski definition) is 1. The summed E-state index contributed by atoms with van der Waals surface area (Å²) in [4.78, 5) is 0. The molecule has 0 aromatic heterocycles. The third-order valence-corrected chi connectivity index (χ3v) is 3.94. The van der Waals surface area contributed by atoms with Crippen molar-refractivity contribution in [3.8, 4) is 6.07 Å². The first-order valence-corrected chi connectivity index (χ1v) is 6.57. The van der Waals surface area contributed by atoms with Crippen molar-refractivity contribution in [2.45, 2.75) is 18.8 Å². The Bertz CT molecular complexity index is 436.